The summed E-state index contributed by atoms with van der Waals surface area (Å²) in [5.41, 5.74) is 0. The Morgan fingerprint density at radius 3 is 2.73 bits per heavy atom. The molecule has 0 amide bonds. The van der Waals surface area contributed by atoms with Gasteiger partial charge in [0.1, 0.15) is 16.4 Å². The first-order valence-electron chi connectivity index (χ1n) is 7.89. The van der Waals surface area contributed by atoms with E-state index in [-0.39, 0.29) is 17.2 Å². The third-order valence-electron chi connectivity index (χ3n) is 3.84. The number of furan rings is 1. The molecule has 0 radical (unpaired) electrons. The van der Waals surface area contributed by atoms with E-state index in [9.17, 15) is 8.42 Å². The second-order valence-corrected chi connectivity index (χ2v) is 8.92. The lowest BCUT2D eigenvalue weighted by atomic mass is 10.3. The van der Waals surface area contributed by atoms with Crippen molar-refractivity contribution >= 4 is 33.0 Å². The van der Waals surface area contributed by atoms with E-state index in [0.29, 0.717) is 23.7 Å². The molecule has 1 aromatic carbocycles. The number of hydrogen-bond donors (Lipinski definition) is 0. The SMILES string of the molecule is COc1ccc(Cl)cc1S(=O)(=O)N(CCc1cccs1)Cc1ccco1. The third-order valence-corrected chi connectivity index (χ3v) is 6.88. The zero-order valence-corrected chi connectivity index (χ0v) is 16.5. The van der Waals surface area contributed by atoms with Gasteiger partial charge in [-0.3, -0.25) is 0 Å². The van der Waals surface area contributed by atoms with Gasteiger partial charge in [-0.05, 0) is 48.2 Å². The Balaban J connectivity index is 1.94. The van der Waals surface area contributed by atoms with Crippen LogP contribution in [-0.2, 0) is 23.0 Å². The molecule has 0 aliphatic rings. The number of rotatable bonds is 8. The van der Waals surface area contributed by atoms with Gasteiger partial charge in [-0.15, -0.1) is 11.3 Å². The van der Waals surface area contributed by atoms with Crippen LogP contribution in [0.25, 0.3) is 0 Å². The van der Waals surface area contributed by atoms with Crippen molar-refractivity contribution in [1.82, 2.24) is 4.31 Å². The van der Waals surface area contributed by atoms with Gasteiger partial charge in [-0.2, -0.15) is 4.31 Å². The van der Waals surface area contributed by atoms with Crippen LogP contribution in [0, 0.1) is 0 Å². The Morgan fingerprint density at radius 1 is 1.23 bits per heavy atom. The first-order chi connectivity index (χ1) is 12.5. The van der Waals surface area contributed by atoms with Gasteiger partial charge in [-0.1, -0.05) is 17.7 Å². The summed E-state index contributed by atoms with van der Waals surface area (Å²) in [4.78, 5) is 1.16. The molecule has 26 heavy (non-hydrogen) atoms. The largest absolute Gasteiger partial charge is 0.495 e. The fourth-order valence-electron chi connectivity index (χ4n) is 2.54. The maximum Gasteiger partial charge on any atom is 0.247 e. The average Bonchev–Trinajstić information content (AvgIpc) is 3.32. The molecule has 0 aliphatic heterocycles. The Kier molecular flexibility index (Phi) is 6.03. The molecule has 2 heterocycles. The number of ether oxygens (including phenoxy) is 1. The Bertz CT molecular complexity index is 938. The number of halogens is 1. The fourth-order valence-corrected chi connectivity index (χ4v) is 5.07. The fraction of sp³-hybridized carbons (Fsp3) is 0.222. The first kappa shape index (κ1) is 19.0. The molecule has 0 bridgehead atoms. The van der Waals surface area contributed by atoms with E-state index in [2.05, 4.69) is 0 Å². The van der Waals surface area contributed by atoms with Crippen molar-refractivity contribution in [3.05, 3.63) is 69.8 Å². The number of hydrogen-bond acceptors (Lipinski definition) is 5. The molecule has 2 aromatic heterocycles. The van der Waals surface area contributed by atoms with E-state index in [1.165, 1.54) is 23.7 Å². The normalized spacial score (nSPS) is 11.8. The highest BCUT2D eigenvalue weighted by Gasteiger charge is 2.29. The van der Waals surface area contributed by atoms with Crippen LogP contribution in [0.1, 0.15) is 10.6 Å². The van der Waals surface area contributed by atoms with Gasteiger partial charge in [0.25, 0.3) is 0 Å². The second kappa shape index (κ2) is 8.26. The van der Waals surface area contributed by atoms with Crippen molar-refractivity contribution < 1.29 is 17.6 Å². The zero-order chi connectivity index (χ0) is 18.6. The van der Waals surface area contributed by atoms with Crippen LogP contribution in [0.4, 0.5) is 0 Å². The van der Waals surface area contributed by atoms with Gasteiger partial charge in [0.15, 0.2) is 0 Å². The molecule has 3 aromatic rings. The molecule has 0 atom stereocenters. The summed E-state index contributed by atoms with van der Waals surface area (Å²) in [6.07, 6.45) is 2.14. The van der Waals surface area contributed by atoms with Gasteiger partial charge >= 0.3 is 0 Å². The second-order valence-electron chi connectivity index (χ2n) is 5.54. The maximum absolute atomic E-state index is 13.3. The molecule has 0 N–H and O–H groups in total. The van der Waals surface area contributed by atoms with E-state index < -0.39 is 10.0 Å². The number of benzene rings is 1. The molecule has 8 heteroatoms. The molecule has 0 saturated carbocycles. The van der Waals surface area contributed by atoms with Crippen molar-refractivity contribution in [1.29, 1.82) is 0 Å². The van der Waals surface area contributed by atoms with Crippen LogP contribution in [-0.4, -0.2) is 26.4 Å². The predicted octanol–water partition coefficient (Wildman–Crippen LogP) is 4.44. The monoisotopic (exact) mass is 411 g/mol. The summed E-state index contributed by atoms with van der Waals surface area (Å²) in [5.74, 6) is 0.829. The lowest BCUT2D eigenvalue weighted by molar-refractivity contribution is 0.360. The zero-order valence-electron chi connectivity index (χ0n) is 14.1. The van der Waals surface area contributed by atoms with Crippen LogP contribution in [0.2, 0.25) is 5.02 Å². The van der Waals surface area contributed by atoms with E-state index in [0.717, 1.165) is 4.88 Å². The quantitative estimate of drug-likeness (QED) is 0.550. The van der Waals surface area contributed by atoms with Gasteiger partial charge in [0.05, 0.1) is 19.9 Å². The number of thiophene rings is 1. The van der Waals surface area contributed by atoms with Crippen LogP contribution in [0.5, 0.6) is 5.75 Å². The van der Waals surface area contributed by atoms with Crippen molar-refractivity contribution in [2.24, 2.45) is 0 Å². The molecular formula is C18H18ClNO4S2. The van der Waals surface area contributed by atoms with Crippen molar-refractivity contribution in [2.75, 3.05) is 13.7 Å². The summed E-state index contributed by atoms with van der Waals surface area (Å²) in [5, 5.41) is 2.31. The topological polar surface area (TPSA) is 59.8 Å². The number of nitrogens with zero attached hydrogens (tertiary/aromatic N) is 1. The van der Waals surface area contributed by atoms with Crippen LogP contribution in [0.3, 0.4) is 0 Å². The van der Waals surface area contributed by atoms with Crippen LogP contribution < -0.4 is 4.74 Å². The standard InChI is InChI=1S/C18H18ClNO4S2/c1-23-17-7-6-14(19)12-18(17)26(21,22)20(13-15-4-2-10-24-15)9-8-16-5-3-11-25-16/h2-7,10-12H,8-9,13H2,1H3. The Hall–Kier alpha value is -1.80. The molecule has 0 saturated heterocycles. The van der Waals surface area contributed by atoms with Crippen LogP contribution in [0.15, 0.2) is 63.4 Å². The van der Waals surface area contributed by atoms with Crippen molar-refractivity contribution in [3.8, 4) is 5.75 Å². The highest BCUT2D eigenvalue weighted by Crippen LogP contribution is 2.30. The predicted molar refractivity (Wildman–Crippen MR) is 102 cm³/mol. The molecule has 5 nitrogen and oxygen atoms in total. The Labute approximate surface area is 161 Å². The van der Waals surface area contributed by atoms with E-state index in [1.54, 1.807) is 35.6 Å². The molecule has 0 unspecified atom stereocenters. The molecule has 0 fully saturated rings. The minimum absolute atomic E-state index is 0.0465. The molecule has 3 rings (SSSR count). The van der Waals surface area contributed by atoms with E-state index >= 15 is 0 Å². The minimum Gasteiger partial charge on any atom is -0.495 e. The van der Waals surface area contributed by atoms with Crippen LogP contribution >= 0.6 is 22.9 Å². The molecule has 0 spiro atoms. The summed E-state index contributed by atoms with van der Waals surface area (Å²) >= 11 is 7.63. The van der Waals surface area contributed by atoms with E-state index in [1.807, 2.05) is 17.5 Å². The molecular weight excluding hydrogens is 394 g/mol. The lowest BCUT2D eigenvalue weighted by Crippen LogP contribution is -2.32. The highest BCUT2D eigenvalue weighted by atomic mass is 35.5. The summed E-state index contributed by atoms with van der Waals surface area (Å²) < 4.78 is 38.6. The third kappa shape index (κ3) is 4.29. The van der Waals surface area contributed by atoms with Gasteiger partial charge in [0.2, 0.25) is 10.0 Å². The van der Waals surface area contributed by atoms with Gasteiger partial charge in [0, 0.05) is 16.4 Å². The number of methoxy groups -OCH3 is 1. The van der Waals surface area contributed by atoms with E-state index in [4.69, 9.17) is 20.8 Å². The number of sulfonamides is 1. The summed E-state index contributed by atoms with van der Waals surface area (Å²) in [6, 6.07) is 12.0. The first-order valence-corrected chi connectivity index (χ1v) is 10.6. The van der Waals surface area contributed by atoms with Crippen molar-refractivity contribution in [3.63, 3.8) is 0 Å². The highest BCUT2D eigenvalue weighted by molar-refractivity contribution is 7.89. The maximum atomic E-state index is 13.3. The van der Waals surface area contributed by atoms with Crippen molar-refractivity contribution in [2.45, 2.75) is 17.9 Å². The smallest absolute Gasteiger partial charge is 0.247 e. The summed E-state index contributed by atoms with van der Waals surface area (Å²) in [7, 11) is -2.39. The van der Waals surface area contributed by atoms with Gasteiger partial charge in [-0.25, -0.2) is 8.42 Å². The molecule has 138 valence electrons. The lowest BCUT2D eigenvalue weighted by Gasteiger charge is -2.22. The average molecular weight is 412 g/mol. The van der Waals surface area contributed by atoms with Gasteiger partial charge < -0.3 is 9.15 Å². The molecule has 0 aliphatic carbocycles. The minimum atomic E-state index is -3.83. The Morgan fingerprint density at radius 2 is 2.08 bits per heavy atom. The summed E-state index contributed by atoms with van der Waals surface area (Å²) in [6.45, 7) is 0.454.